The van der Waals surface area contributed by atoms with Gasteiger partial charge in [-0.2, -0.15) is 0 Å². The topological polar surface area (TPSA) is 55.4 Å². The van der Waals surface area contributed by atoms with E-state index in [-0.39, 0.29) is 17.8 Å². The Kier molecular flexibility index (Phi) is 7.29. The minimum Gasteiger partial charge on any atom is -0.467 e. The van der Waals surface area contributed by atoms with Crippen LogP contribution in [0.25, 0.3) is 0 Å². The molecule has 4 heteroatoms. The number of hydrogen-bond acceptors (Lipinski definition) is 3. The lowest BCUT2D eigenvalue weighted by molar-refractivity contribution is -0.145. The van der Waals surface area contributed by atoms with E-state index < -0.39 is 6.04 Å². The fraction of sp³-hybridized carbons (Fsp3) is 0.600. The molecule has 1 atom stereocenters. The largest absolute Gasteiger partial charge is 0.467 e. The lowest BCUT2D eigenvalue weighted by Gasteiger charge is -2.28. The summed E-state index contributed by atoms with van der Waals surface area (Å²) in [5.41, 5.74) is 1.01. The summed E-state index contributed by atoms with van der Waals surface area (Å²) in [5, 5.41) is 2.92. The SMILES string of the molecule is CCCC1CCC(C(=O)N[C@H](Cc2ccccc2)C(=O)OC)CC1. The molecule has 0 unspecified atom stereocenters. The monoisotopic (exact) mass is 331 g/mol. The van der Waals surface area contributed by atoms with E-state index in [0.29, 0.717) is 6.42 Å². The second-order valence-corrected chi connectivity index (χ2v) is 6.78. The summed E-state index contributed by atoms with van der Waals surface area (Å²) >= 11 is 0. The van der Waals surface area contributed by atoms with E-state index in [4.69, 9.17) is 4.74 Å². The molecular weight excluding hydrogens is 302 g/mol. The third kappa shape index (κ3) is 5.36. The normalized spacial score (nSPS) is 21.8. The average Bonchev–Trinajstić information content (AvgIpc) is 2.62. The maximum Gasteiger partial charge on any atom is 0.328 e. The van der Waals surface area contributed by atoms with Gasteiger partial charge in [0.25, 0.3) is 0 Å². The molecule has 0 aromatic heterocycles. The second kappa shape index (κ2) is 9.45. The molecule has 0 heterocycles. The van der Waals surface area contributed by atoms with Gasteiger partial charge in [0.05, 0.1) is 7.11 Å². The smallest absolute Gasteiger partial charge is 0.328 e. The van der Waals surface area contributed by atoms with Crippen molar-refractivity contribution in [1.82, 2.24) is 5.32 Å². The molecule has 4 nitrogen and oxygen atoms in total. The molecule has 0 saturated heterocycles. The first-order valence-corrected chi connectivity index (χ1v) is 9.06. The number of carbonyl (C=O) groups is 2. The number of methoxy groups -OCH3 is 1. The van der Waals surface area contributed by atoms with Crippen molar-refractivity contribution in [3.8, 4) is 0 Å². The first-order valence-electron chi connectivity index (χ1n) is 9.06. The Morgan fingerprint density at radius 2 is 1.83 bits per heavy atom. The molecule has 1 aliphatic rings. The highest BCUT2D eigenvalue weighted by Gasteiger charge is 2.29. The number of nitrogens with one attached hydrogen (secondary N) is 1. The Morgan fingerprint density at radius 3 is 2.42 bits per heavy atom. The molecule has 0 radical (unpaired) electrons. The minimum atomic E-state index is -0.613. The van der Waals surface area contributed by atoms with Crippen molar-refractivity contribution in [2.45, 2.75) is 57.9 Å². The number of ether oxygens (including phenoxy) is 1. The molecule has 132 valence electrons. The summed E-state index contributed by atoms with van der Waals surface area (Å²) < 4.78 is 4.87. The average molecular weight is 331 g/mol. The van der Waals surface area contributed by atoms with Crippen LogP contribution in [0.3, 0.4) is 0 Å². The highest BCUT2D eigenvalue weighted by molar-refractivity contribution is 5.86. The molecular formula is C20H29NO3. The van der Waals surface area contributed by atoms with E-state index >= 15 is 0 Å². The van der Waals surface area contributed by atoms with Gasteiger partial charge in [-0.1, -0.05) is 50.1 Å². The van der Waals surface area contributed by atoms with Gasteiger partial charge in [0.15, 0.2) is 0 Å². The van der Waals surface area contributed by atoms with Crippen molar-refractivity contribution in [2.75, 3.05) is 7.11 Å². The summed E-state index contributed by atoms with van der Waals surface area (Å²) in [7, 11) is 1.36. The maximum atomic E-state index is 12.6. The number of rotatable bonds is 7. The zero-order chi connectivity index (χ0) is 17.4. The first kappa shape index (κ1) is 18.5. The third-order valence-corrected chi connectivity index (χ3v) is 5.00. The van der Waals surface area contributed by atoms with Crippen LogP contribution in [0.4, 0.5) is 0 Å². The molecule has 2 rings (SSSR count). The van der Waals surface area contributed by atoms with E-state index in [1.807, 2.05) is 30.3 Å². The molecule has 24 heavy (non-hydrogen) atoms. The Balaban J connectivity index is 1.91. The molecule has 0 aliphatic heterocycles. The van der Waals surface area contributed by atoms with Gasteiger partial charge in [-0.15, -0.1) is 0 Å². The fourth-order valence-corrected chi connectivity index (χ4v) is 3.60. The van der Waals surface area contributed by atoms with Crippen LogP contribution in [0, 0.1) is 11.8 Å². The van der Waals surface area contributed by atoms with Crippen LogP contribution in [-0.4, -0.2) is 25.0 Å². The summed E-state index contributed by atoms with van der Waals surface area (Å²) in [5.74, 6) is 0.406. The van der Waals surface area contributed by atoms with Gasteiger partial charge in [0.1, 0.15) is 6.04 Å². The van der Waals surface area contributed by atoms with Crippen LogP contribution in [-0.2, 0) is 20.7 Å². The van der Waals surface area contributed by atoms with Gasteiger partial charge in [0, 0.05) is 12.3 Å². The van der Waals surface area contributed by atoms with E-state index in [0.717, 1.165) is 37.2 Å². The van der Waals surface area contributed by atoms with Crippen molar-refractivity contribution < 1.29 is 14.3 Å². The van der Waals surface area contributed by atoms with Gasteiger partial charge < -0.3 is 10.1 Å². The molecule has 0 bridgehead atoms. The molecule has 1 N–H and O–H groups in total. The van der Waals surface area contributed by atoms with Crippen molar-refractivity contribution in [3.63, 3.8) is 0 Å². The molecule has 1 aliphatic carbocycles. The number of hydrogen-bond donors (Lipinski definition) is 1. The van der Waals surface area contributed by atoms with Crippen LogP contribution in [0.1, 0.15) is 51.0 Å². The van der Waals surface area contributed by atoms with Crippen molar-refractivity contribution >= 4 is 11.9 Å². The third-order valence-electron chi connectivity index (χ3n) is 5.00. The van der Waals surface area contributed by atoms with Crippen LogP contribution in [0.5, 0.6) is 0 Å². The van der Waals surface area contributed by atoms with Crippen molar-refractivity contribution in [2.24, 2.45) is 11.8 Å². The van der Waals surface area contributed by atoms with Crippen molar-refractivity contribution in [3.05, 3.63) is 35.9 Å². The lowest BCUT2D eigenvalue weighted by Crippen LogP contribution is -2.46. The van der Waals surface area contributed by atoms with Crippen LogP contribution in [0.15, 0.2) is 30.3 Å². The van der Waals surface area contributed by atoms with Gasteiger partial charge in [-0.05, 0) is 37.2 Å². The lowest BCUT2D eigenvalue weighted by atomic mass is 9.79. The molecule has 1 aromatic rings. The van der Waals surface area contributed by atoms with E-state index in [9.17, 15) is 9.59 Å². The zero-order valence-electron chi connectivity index (χ0n) is 14.8. The van der Waals surface area contributed by atoms with Crippen LogP contribution < -0.4 is 5.32 Å². The summed E-state index contributed by atoms with van der Waals surface area (Å²) in [4.78, 5) is 24.6. The van der Waals surface area contributed by atoms with Gasteiger partial charge >= 0.3 is 5.97 Å². The van der Waals surface area contributed by atoms with Crippen molar-refractivity contribution in [1.29, 1.82) is 0 Å². The molecule has 1 aromatic carbocycles. The Hall–Kier alpha value is -1.84. The summed E-state index contributed by atoms with van der Waals surface area (Å²) in [6, 6.07) is 9.10. The maximum absolute atomic E-state index is 12.6. The number of esters is 1. The van der Waals surface area contributed by atoms with Gasteiger partial charge in [-0.3, -0.25) is 4.79 Å². The minimum absolute atomic E-state index is 0.00344. The quantitative estimate of drug-likeness (QED) is 0.778. The van der Waals surface area contributed by atoms with E-state index in [2.05, 4.69) is 12.2 Å². The zero-order valence-corrected chi connectivity index (χ0v) is 14.8. The van der Waals surface area contributed by atoms with Gasteiger partial charge in [-0.25, -0.2) is 4.79 Å². The van der Waals surface area contributed by atoms with Crippen LogP contribution >= 0.6 is 0 Å². The number of amides is 1. The van der Waals surface area contributed by atoms with E-state index in [1.165, 1.54) is 20.0 Å². The first-order chi connectivity index (χ1) is 11.6. The highest BCUT2D eigenvalue weighted by Crippen LogP contribution is 2.31. The van der Waals surface area contributed by atoms with Gasteiger partial charge in [0.2, 0.25) is 5.91 Å². The molecule has 1 fully saturated rings. The Labute approximate surface area is 145 Å². The molecule has 1 amide bonds. The Morgan fingerprint density at radius 1 is 1.17 bits per heavy atom. The standard InChI is InChI=1S/C20H29NO3/c1-3-7-15-10-12-17(13-11-15)19(22)21-18(20(23)24-2)14-16-8-5-4-6-9-16/h4-6,8-9,15,17-18H,3,7,10-14H2,1-2H3,(H,21,22)/t15?,17?,18-/m1/s1. The fourth-order valence-electron chi connectivity index (χ4n) is 3.60. The second-order valence-electron chi connectivity index (χ2n) is 6.78. The predicted octanol–water partition coefficient (Wildman–Crippen LogP) is 3.49. The Bertz CT molecular complexity index is 521. The summed E-state index contributed by atoms with van der Waals surface area (Å²) in [6.07, 6.45) is 7.02. The predicted molar refractivity (Wildman–Crippen MR) is 94.4 cm³/mol. The highest BCUT2D eigenvalue weighted by atomic mass is 16.5. The van der Waals surface area contributed by atoms with Crippen LogP contribution in [0.2, 0.25) is 0 Å². The number of benzene rings is 1. The summed E-state index contributed by atoms with van der Waals surface area (Å²) in [6.45, 7) is 2.21. The van der Waals surface area contributed by atoms with E-state index in [1.54, 1.807) is 0 Å². The molecule has 1 saturated carbocycles. The molecule has 0 spiro atoms. The number of carbonyl (C=O) groups excluding carboxylic acids is 2.